The van der Waals surface area contributed by atoms with E-state index in [0.29, 0.717) is 6.04 Å². The van der Waals surface area contributed by atoms with Crippen molar-refractivity contribution in [3.63, 3.8) is 0 Å². The van der Waals surface area contributed by atoms with Gasteiger partial charge in [0.1, 0.15) is 5.82 Å². The molecule has 0 radical (unpaired) electrons. The number of anilines is 1. The minimum Gasteiger partial charge on any atom is -0.356 e. The summed E-state index contributed by atoms with van der Waals surface area (Å²) in [5.74, 6) is 1.22. The van der Waals surface area contributed by atoms with Gasteiger partial charge in [-0.15, -0.1) is 12.4 Å². The van der Waals surface area contributed by atoms with E-state index in [1.165, 1.54) is 82.3 Å². The molecule has 3 nitrogen and oxygen atoms in total. The van der Waals surface area contributed by atoms with Crippen molar-refractivity contribution >= 4 is 18.2 Å². The molecular formula is C18H30ClN3. The van der Waals surface area contributed by atoms with Crippen LogP contribution in [0.3, 0.4) is 0 Å². The van der Waals surface area contributed by atoms with Crippen molar-refractivity contribution in [2.45, 2.75) is 70.4 Å². The summed E-state index contributed by atoms with van der Waals surface area (Å²) in [6.45, 7) is 3.32. The number of nitrogens with zero attached hydrogens (tertiary/aromatic N) is 2. The number of aromatic nitrogens is 1. The maximum Gasteiger partial charge on any atom is 0.133 e. The number of hydrogen-bond donors (Lipinski definition) is 1. The van der Waals surface area contributed by atoms with Gasteiger partial charge in [0.15, 0.2) is 0 Å². The minimum absolute atomic E-state index is 0. The van der Waals surface area contributed by atoms with Crippen molar-refractivity contribution in [1.82, 2.24) is 10.3 Å². The molecule has 1 aromatic heterocycles. The third kappa shape index (κ3) is 4.85. The molecule has 1 saturated carbocycles. The van der Waals surface area contributed by atoms with Gasteiger partial charge in [-0.3, -0.25) is 0 Å². The van der Waals surface area contributed by atoms with Crippen LogP contribution >= 0.6 is 12.4 Å². The molecule has 124 valence electrons. The second-order valence-electron chi connectivity index (χ2n) is 6.60. The normalized spacial score (nSPS) is 20.3. The zero-order valence-corrected chi connectivity index (χ0v) is 14.4. The van der Waals surface area contributed by atoms with E-state index in [0.717, 1.165) is 6.54 Å². The fourth-order valence-corrected chi connectivity index (χ4v) is 3.70. The van der Waals surface area contributed by atoms with Crippen LogP contribution in [0.5, 0.6) is 0 Å². The van der Waals surface area contributed by atoms with Crippen LogP contribution in [0.15, 0.2) is 18.3 Å². The number of nitrogens with one attached hydrogen (secondary N) is 1. The van der Waals surface area contributed by atoms with E-state index in [2.05, 4.69) is 27.3 Å². The Morgan fingerprint density at radius 1 is 1.00 bits per heavy atom. The topological polar surface area (TPSA) is 28.2 Å². The smallest absolute Gasteiger partial charge is 0.133 e. The van der Waals surface area contributed by atoms with Gasteiger partial charge in [0.05, 0.1) is 0 Å². The van der Waals surface area contributed by atoms with Crippen LogP contribution in [0, 0.1) is 0 Å². The van der Waals surface area contributed by atoms with Crippen LogP contribution < -0.4 is 10.2 Å². The highest BCUT2D eigenvalue weighted by Crippen LogP contribution is 2.23. The van der Waals surface area contributed by atoms with Gasteiger partial charge in [-0.1, -0.05) is 31.7 Å². The zero-order chi connectivity index (χ0) is 14.3. The summed E-state index contributed by atoms with van der Waals surface area (Å²) in [4.78, 5) is 7.15. The molecule has 2 aliphatic rings. The lowest BCUT2D eigenvalue weighted by Crippen LogP contribution is -2.33. The number of halogens is 1. The van der Waals surface area contributed by atoms with E-state index in [9.17, 15) is 0 Å². The zero-order valence-electron chi connectivity index (χ0n) is 13.6. The first-order valence-electron chi connectivity index (χ1n) is 8.86. The van der Waals surface area contributed by atoms with Gasteiger partial charge in [0.2, 0.25) is 0 Å². The van der Waals surface area contributed by atoms with Crippen molar-refractivity contribution in [3.05, 3.63) is 23.9 Å². The Hall–Kier alpha value is -0.800. The van der Waals surface area contributed by atoms with Crippen LogP contribution in [-0.2, 0) is 6.54 Å². The maximum absolute atomic E-state index is 4.67. The lowest BCUT2D eigenvalue weighted by atomic mass is 10.1. The fourth-order valence-electron chi connectivity index (χ4n) is 3.70. The summed E-state index contributed by atoms with van der Waals surface area (Å²) < 4.78 is 0. The quantitative estimate of drug-likeness (QED) is 0.837. The van der Waals surface area contributed by atoms with Gasteiger partial charge in [-0.25, -0.2) is 4.98 Å². The summed E-state index contributed by atoms with van der Waals surface area (Å²) in [6, 6.07) is 5.04. The minimum atomic E-state index is 0. The molecule has 2 fully saturated rings. The predicted octanol–water partition coefficient (Wildman–Crippen LogP) is 4.31. The summed E-state index contributed by atoms with van der Waals surface area (Å²) in [7, 11) is 0. The van der Waals surface area contributed by atoms with Crippen LogP contribution in [0.4, 0.5) is 5.82 Å². The monoisotopic (exact) mass is 323 g/mol. The number of rotatable bonds is 4. The molecule has 3 rings (SSSR count). The van der Waals surface area contributed by atoms with E-state index >= 15 is 0 Å². The molecule has 0 atom stereocenters. The third-order valence-electron chi connectivity index (χ3n) is 4.96. The van der Waals surface area contributed by atoms with Crippen molar-refractivity contribution in [1.29, 1.82) is 0 Å². The second kappa shape index (κ2) is 9.36. The summed E-state index contributed by atoms with van der Waals surface area (Å²) >= 11 is 0. The maximum atomic E-state index is 4.67. The van der Waals surface area contributed by atoms with Crippen molar-refractivity contribution in [2.24, 2.45) is 0 Å². The Morgan fingerprint density at radius 3 is 2.41 bits per heavy atom. The first kappa shape index (κ1) is 17.6. The molecule has 0 amide bonds. The highest BCUT2D eigenvalue weighted by Gasteiger charge is 2.17. The van der Waals surface area contributed by atoms with E-state index in [-0.39, 0.29) is 12.4 Å². The van der Waals surface area contributed by atoms with Gasteiger partial charge >= 0.3 is 0 Å². The van der Waals surface area contributed by atoms with Crippen molar-refractivity contribution in [2.75, 3.05) is 18.0 Å². The van der Waals surface area contributed by atoms with Crippen LogP contribution in [0.2, 0.25) is 0 Å². The summed E-state index contributed by atoms with van der Waals surface area (Å²) in [6.07, 6.45) is 14.3. The average Bonchev–Trinajstić information content (AvgIpc) is 2.83. The number of piperidine rings is 1. The van der Waals surface area contributed by atoms with Gasteiger partial charge in [-0.05, 0) is 38.2 Å². The highest BCUT2D eigenvalue weighted by atomic mass is 35.5. The lowest BCUT2D eigenvalue weighted by Gasteiger charge is -2.29. The molecule has 2 heterocycles. The summed E-state index contributed by atoms with van der Waals surface area (Å²) in [5.41, 5.74) is 1.38. The molecule has 1 aliphatic heterocycles. The van der Waals surface area contributed by atoms with Crippen LogP contribution in [0.25, 0.3) is 0 Å². The molecule has 0 bridgehead atoms. The summed E-state index contributed by atoms with van der Waals surface area (Å²) in [5, 5.41) is 3.79. The molecule has 1 aromatic rings. The SMILES string of the molecule is Cl.c1cnc(N2CCCCC2)c(CNC2CCCCCC2)c1. The van der Waals surface area contributed by atoms with E-state index in [1.54, 1.807) is 0 Å². The molecule has 1 aliphatic carbocycles. The van der Waals surface area contributed by atoms with E-state index < -0.39 is 0 Å². The predicted molar refractivity (Wildman–Crippen MR) is 95.9 cm³/mol. The molecule has 4 heteroatoms. The Morgan fingerprint density at radius 2 is 1.68 bits per heavy atom. The lowest BCUT2D eigenvalue weighted by molar-refractivity contribution is 0.458. The number of hydrogen-bond acceptors (Lipinski definition) is 3. The Balaban J connectivity index is 0.00000176. The first-order valence-corrected chi connectivity index (χ1v) is 8.86. The Labute approximate surface area is 141 Å². The first-order chi connectivity index (χ1) is 10.4. The van der Waals surface area contributed by atoms with Gasteiger partial charge in [-0.2, -0.15) is 0 Å². The Kier molecular flexibility index (Phi) is 7.47. The van der Waals surface area contributed by atoms with Gasteiger partial charge < -0.3 is 10.2 Å². The molecule has 1 N–H and O–H groups in total. The molecule has 0 unspecified atom stereocenters. The molecule has 0 spiro atoms. The average molecular weight is 324 g/mol. The standard InChI is InChI=1S/C18H29N3.ClH/c1-2-5-11-17(10-4-1)20-15-16-9-8-12-19-18(16)21-13-6-3-7-14-21;/h8-9,12,17,20H,1-7,10-11,13-15H2;1H. The molecule has 0 aromatic carbocycles. The highest BCUT2D eigenvalue weighted by molar-refractivity contribution is 5.85. The molecular weight excluding hydrogens is 294 g/mol. The van der Waals surface area contributed by atoms with Gasteiger partial charge in [0, 0.05) is 37.4 Å². The van der Waals surface area contributed by atoms with Crippen molar-refractivity contribution in [3.8, 4) is 0 Å². The van der Waals surface area contributed by atoms with Crippen molar-refractivity contribution < 1.29 is 0 Å². The number of pyridine rings is 1. The molecule has 22 heavy (non-hydrogen) atoms. The van der Waals surface area contributed by atoms with E-state index in [1.807, 2.05) is 6.20 Å². The Bertz CT molecular complexity index is 424. The van der Waals surface area contributed by atoms with Gasteiger partial charge in [0.25, 0.3) is 0 Å². The second-order valence-corrected chi connectivity index (χ2v) is 6.60. The van der Waals surface area contributed by atoms with Crippen LogP contribution in [-0.4, -0.2) is 24.1 Å². The largest absolute Gasteiger partial charge is 0.356 e. The third-order valence-corrected chi connectivity index (χ3v) is 4.96. The molecule has 1 saturated heterocycles. The van der Waals surface area contributed by atoms with E-state index in [4.69, 9.17) is 0 Å². The van der Waals surface area contributed by atoms with Crippen LogP contribution in [0.1, 0.15) is 63.4 Å². The fraction of sp³-hybridized carbons (Fsp3) is 0.722.